The van der Waals surface area contributed by atoms with Crippen LogP contribution in [0.2, 0.25) is 10.2 Å². The molecule has 2 aliphatic heterocycles. The Morgan fingerprint density at radius 2 is 1.60 bits per heavy atom. The minimum absolute atomic E-state index is 0.105. The number of halogens is 2. The third kappa shape index (κ3) is 4.80. The van der Waals surface area contributed by atoms with E-state index in [1.807, 2.05) is 12.4 Å². The topological polar surface area (TPSA) is 92.4 Å². The van der Waals surface area contributed by atoms with Crippen molar-refractivity contribution in [2.75, 3.05) is 51.2 Å². The number of hydrogen-bond donors (Lipinski definition) is 0. The van der Waals surface area contributed by atoms with E-state index >= 15 is 0 Å². The van der Waals surface area contributed by atoms with Gasteiger partial charge in [0.05, 0.1) is 10.5 Å². The van der Waals surface area contributed by atoms with Crippen LogP contribution in [-0.2, 0) is 13.6 Å². The number of piperazine rings is 1. The van der Waals surface area contributed by atoms with Crippen LogP contribution in [0.25, 0.3) is 11.2 Å². The van der Waals surface area contributed by atoms with E-state index in [1.165, 1.54) is 16.2 Å². The Balaban J connectivity index is 1.31. The van der Waals surface area contributed by atoms with Crippen LogP contribution in [0.1, 0.15) is 24.4 Å². The first-order valence-corrected chi connectivity index (χ1v) is 12.5. The van der Waals surface area contributed by atoms with Crippen molar-refractivity contribution in [2.45, 2.75) is 25.4 Å². The molecule has 0 unspecified atom stereocenters. The van der Waals surface area contributed by atoms with Crippen LogP contribution in [0.5, 0.6) is 0 Å². The Labute approximate surface area is 212 Å². The Morgan fingerprint density at radius 1 is 0.943 bits per heavy atom. The molecule has 0 bridgehead atoms. The Morgan fingerprint density at radius 3 is 2.26 bits per heavy atom. The van der Waals surface area contributed by atoms with Crippen molar-refractivity contribution in [1.82, 2.24) is 33.9 Å². The van der Waals surface area contributed by atoms with E-state index in [2.05, 4.69) is 36.7 Å². The highest BCUT2D eigenvalue weighted by Gasteiger charge is 2.27. The van der Waals surface area contributed by atoms with Crippen molar-refractivity contribution in [1.29, 1.82) is 0 Å². The largest absolute Gasteiger partial charge is 0.341 e. The minimum atomic E-state index is -0.612. The normalized spacial score (nSPS) is 18.5. The summed E-state index contributed by atoms with van der Waals surface area (Å²) in [5.41, 5.74) is 0.737. The van der Waals surface area contributed by atoms with Crippen molar-refractivity contribution in [3.63, 3.8) is 0 Å². The van der Waals surface area contributed by atoms with Crippen LogP contribution in [0.3, 0.4) is 0 Å². The highest BCUT2D eigenvalue weighted by atomic mass is 35.5. The second kappa shape index (κ2) is 9.85. The monoisotopic (exact) mass is 518 g/mol. The summed E-state index contributed by atoms with van der Waals surface area (Å²) in [4.78, 5) is 46.0. The Kier molecular flexibility index (Phi) is 6.80. The van der Waals surface area contributed by atoms with E-state index in [0.29, 0.717) is 43.0 Å². The van der Waals surface area contributed by atoms with Gasteiger partial charge in [0, 0.05) is 76.9 Å². The lowest BCUT2D eigenvalue weighted by Crippen LogP contribution is -2.45. The summed E-state index contributed by atoms with van der Waals surface area (Å²) in [7, 11) is 3.69. The first-order valence-electron chi connectivity index (χ1n) is 11.8. The zero-order valence-corrected chi connectivity index (χ0v) is 21.3. The number of rotatable bonds is 4. The van der Waals surface area contributed by atoms with Crippen molar-refractivity contribution < 1.29 is 0 Å². The van der Waals surface area contributed by atoms with Crippen LogP contribution in [0.4, 0.5) is 5.95 Å². The van der Waals surface area contributed by atoms with Gasteiger partial charge in [-0.05, 0) is 26.0 Å². The number of hydrogen-bond acceptors (Lipinski definition) is 8. The average Bonchev–Trinajstić information content (AvgIpc) is 2.87. The Bertz CT molecular complexity index is 1340. The maximum atomic E-state index is 12.9. The Hall–Kier alpha value is -2.53. The van der Waals surface area contributed by atoms with Gasteiger partial charge < -0.3 is 14.4 Å². The zero-order chi connectivity index (χ0) is 24.7. The molecule has 5 rings (SSSR count). The minimum Gasteiger partial charge on any atom is -0.341 e. The molecule has 0 radical (unpaired) electrons. The molecule has 12 heteroatoms. The second-order valence-electron chi connectivity index (χ2n) is 9.33. The van der Waals surface area contributed by atoms with Gasteiger partial charge in [0.1, 0.15) is 5.15 Å². The van der Waals surface area contributed by atoms with E-state index in [0.717, 1.165) is 38.3 Å². The van der Waals surface area contributed by atoms with Crippen molar-refractivity contribution >= 4 is 40.3 Å². The standard InChI is InChI=1S/C23H28Cl2N8O2/c1-29-7-9-31(10-8-29)14-15-12-26-23(27-13-15)32-5-3-16(4-6-32)33-20-18(11-17(24)19(25)28-20)30(2)21(34)22(33)35/h11-13,16H,3-10,14H2,1-2H3. The number of likely N-dealkylation sites (N-methyl/N-ethyl adjacent to an activating group) is 1. The number of piperidine rings is 1. The van der Waals surface area contributed by atoms with Gasteiger partial charge in [0.15, 0.2) is 5.65 Å². The maximum absolute atomic E-state index is 12.9. The summed E-state index contributed by atoms with van der Waals surface area (Å²) in [5.74, 6) is 0.680. The fourth-order valence-electron chi connectivity index (χ4n) is 4.84. The fourth-order valence-corrected chi connectivity index (χ4v) is 5.12. The SMILES string of the molecule is CN1CCN(Cc2cnc(N3CCC(n4c(=O)c(=O)n(C)c5cc(Cl)c(Cl)nc54)CC3)nc2)CC1. The number of anilines is 1. The van der Waals surface area contributed by atoms with E-state index < -0.39 is 11.1 Å². The summed E-state index contributed by atoms with van der Waals surface area (Å²) >= 11 is 12.3. The first-order chi connectivity index (χ1) is 16.8. The highest BCUT2D eigenvalue weighted by Crippen LogP contribution is 2.28. The molecule has 35 heavy (non-hydrogen) atoms. The molecule has 0 N–H and O–H groups in total. The average molecular weight is 519 g/mol. The lowest BCUT2D eigenvalue weighted by molar-refractivity contribution is 0.148. The molecule has 0 amide bonds. The molecule has 0 aliphatic carbocycles. The molecular weight excluding hydrogens is 491 g/mol. The maximum Gasteiger partial charge on any atom is 0.318 e. The van der Waals surface area contributed by atoms with Gasteiger partial charge >= 0.3 is 11.1 Å². The number of pyridine rings is 1. The lowest BCUT2D eigenvalue weighted by Gasteiger charge is -2.33. The molecule has 0 atom stereocenters. The summed E-state index contributed by atoms with van der Waals surface area (Å²) in [6.45, 7) is 6.43. The molecule has 5 heterocycles. The molecule has 2 saturated heterocycles. The van der Waals surface area contributed by atoms with Crippen molar-refractivity contribution in [3.05, 3.63) is 54.9 Å². The number of nitrogens with zero attached hydrogens (tertiary/aromatic N) is 8. The number of fused-ring (bicyclic) bond motifs is 1. The molecule has 3 aromatic rings. The van der Waals surface area contributed by atoms with Crippen LogP contribution in [0, 0.1) is 0 Å². The lowest BCUT2D eigenvalue weighted by atomic mass is 10.0. The zero-order valence-electron chi connectivity index (χ0n) is 19.8. The van der Waals surface area contributed by atoms with Crippen molar-refractivity contribution in [2.24, 2.45) is 7.05 Å². The molecule has 3 aromatic heterocycles. The third-order valence-corrected chi connectivity index (χ3v) is 7.67. The summed E-state index contributed by atoms with van der Waals surface area (Å²) in [6.07, 6.45) is 5.11. The summed E-state index contributed by atoms with van der Waals surface area (Å²) in [6, 6.07) is 1.40. The molecule has 2 fully saturated rings. The molecule has 2 aliphatic rings. The van der Waals surface area contributed by atoms with Gasteiger partial charge in [-0.2, -0.15) is 0 Å². The van der Waals surface area contributed by atoms with Crippen LogP contribution >= 0.6 is 23.2 Å². The molecule has 10 nitrogen and oxygen atoms in total. The van der Waals surface area contributed by atoms with Crippen LogP contribution in [-0.4, -0.2) is 80.2 Å². The van der Waals surface area contributed by atoms with E-state index in [9.17, 15) is 9.59 Å². The van der Waals surface area contributed by atoms with Gasteiger partial charge in [-0.3, -0.25) is 19.1 Å². The van der Waals surface area contributed by atoms with E-state index in [-0.39, 0.29) is 16.2 Å². The summed E-state index contributed by atoms with van der Waals surface area (Å²) in [5, 5.41) is 0.343. The van der Waals surface area contributed by atoms with Crippen LogP contribution < -0.4 is 16.0 Å². The molecule has 0 saturated carbocycles. The van der Waals surface area contributed by atoms with E-state index in [1.54, 1.807) is 6.07 Å². The van der Waals surface area contributed by atoms with Gasteiger partial charge in [-0.15, -0.1) is 0 Å². The van der Waals surface area contributed by atoms with Gasteiger partial charge in [-0.25, -0.2) is 15.0 Å². The second-order valence-corrected chi connectivity index (χ2v) is 10.1. The van der Waals surface area contributed by atoms with Crippen molar-refractivity contribution in [3.8, 4) is 0 Å². The predicted octanol–water partition coefficient (Wildman–Crippen LogP) is 1.78. The van der Waals surface area contributed by atoms with Gasteiger partial charge in [-0.1, -0.05) is 23.2 Å². The van der Waals surface area contributed by atoms with Gasteiger partial charge in [0.2, 0.25) is 5.95 Å². The van der Waals surface area contributed by atoms with Crippen LogP contribution in [0.15, 0.2) is 28.0 Å². The predicted molar refractivity (Wildman–Crippen MR) is 137 cm³/mol. The highest BCUT2D eigenvalue weighted by molar-refractivity contribution is 6.41. The number of aromatic nitrogens is 5. The fraction of sp³-hybridized carbons (Fsp3) is 0.522. The quantitative estimate of drug-likeness (QED) is 0.381. The molecular formula is C23H28Cl2N8O2. The molecule has 0 aromatic carbocycles. The molecule has 186 valence electrons. The summed E-state index contributed by atoms with van der Waals surface area (Å²) < 4.78 is 2.76. The number of aryl methyl sites for hydroxylation is 1. The van der Waals surface area contributed by atoms with Gasteiger partial charge in [0.25, 0.3) is 0 Å². The smallest absolute Gasteiger partial charge is 0.318 e. The van der Waals surface area contributed by atoms with E-state index in [4.69, 9.17) is 23.2 Å². The molecule has 0 spiro atoms. The third-order valence-electron chi connectivity index (χ3n) is 7.00. The first kappa shape index (κ1) is 24.2.